The summed E-state index contributed by atoms with van der Waals surface area (Å²) in [5.74, 6) is -1.28. The number of benzene rings is 2. The van der Waals surface area contributed by atoms with Crippen LogP contribution < -0.4 is 15.4 Å². The Hall–Kier alpha value is -3.05. The molecule has 0 atom stereocenters. The van der Waals surface area contributed by atoms with Crippen molar-refractivity contribution in [2.75, 3.05) is 18.0 Å². The molecule has 3 rings (SSSR count). The van der Waals surface area contributed by atoms with Crippen molar-refractivity contribution in [1.82, 2.24) is 4.72 Å². The maximum absolute atomic E-state index is 13.0. The van der Waals surface area contributed by atoms with Gasteiger partial charge < -0.3 is 10.6 Å². The van der Waals surface area contributed by atoms with Crippen LogP contribution in [0.25, 0.3) is 0 Å². The lowest BCUT2D eigenvalue weighted by Gasteiger charge is -2.33. The molecule has 1 heterocycles. The van der Waals surface area contributed by atoms with Crippen LogP contribution in [0, 0.1) is 15.9 Å². The van der Waals surface area contributed by atoms with Gasteiger partial charge in [0.05, 0.1) is 9.82 Å². The molecule has 3 N–H and O–H groups in total. The summed E-state index contributed by atoms with van der Waals surface area (Å²) in [6, 6.07) is 8.21. The topological polar surface area (TPSA) is 136 Å². The standard InChI is InChI=1S/C18H19FN4O5S/c19-13-2-4-15(5-3-13)29(27,28)21-14-7-9-22(10-8-14)16-6-1-12(18(20)24)11-17(16)23(25)26/h1-6,11,14,21H,7-10H2,(H2,20,24). The van der Waals surface area contributed by atoms with Crippen LogP contribution in [0.15, 0.2) is 47.4 Å². The van der Waals surface area contributed by atoms with E-state index < -0.39 is 26.7 Å². The molecule has 0 spiro atoms. The number of primary amides is 1. The van der Waals surface area contributed by atoms with Gasteiger partial charge in [-0.25, -0.2) is 17.5 Å². The maximum atomic E-state index is 13.0. The fourth-order valence-electron chi connectivity index (χ4n) is 3.23. The number of sulfonamides is 1. The van der Waals surface area contributed by atoms with Gasteiger partial charge in [0.2, 0.25) is 15.9 Å². The SMILES string of the molecule is NC(=O)c1ccc(N2CCC(NS(=O)(=O)c3ccc(F)cc3)CC2)c([N+](=O)[O-])c1. The Kier molecular flexibility index (Phi) is 5.80. The molecule has 0 radical (unpaired) electrons. The zero-order chi connectivity index (χ0) is 21.2. The van der Waals surface area contributed by atoms with E-state index in [4.69, 9.17) is 5.73 Å². The van der Waals surface area contributed by atoms with Crippen molar-refractivity contribution < 1.29 is 22.5 Å². The summed E-state index contributed by atoms with van der Waals surface area (Å²) in [4.78, 5) is 23.8. The molecule has 1 aliphatic heterocycles. The Bertz CT molecular complexity index is 1030. The average molecular weight is 422 g/mol. The minimum atomic E-state index is -3.79. The van der Waals surface area contributed by atoms with Crippen molar-refractivity contribution in [2.24, 2.45) is 5.73 Å². The number of halogens is 1. The number of hydrogen-bond donors (Lipinski definition) is 2. The van der Waals surface area contributed by atoms with E-state index in [0.29, 0.717) is 31.6 Å². The zero-order valence-corrected chi connectivity index (χ0v) is 16.1. The summed E-state index contributed by atoms with van der Waals surface area (Å²) in [5, 5.41) is 11.4. The molecular weight excluding hydrogens is 403 g/mol. The maximum Gasteiger partial charge on any atom is 0.293 e. The van der Waals surface area contributed by atoms with E-state index in [9.17, 15) is 27.7 Å². The fourth-order valence-corrected chi connectivity index (χ4v) is 4.53. The average Bonchev–Trinajstić information content (AvgIpc) is 2.68. The van der Waals surface area contributed by atoms with Gasteiger partial charge >= 0.3 is 0 Å². The number of nitrogens with one attached hydrogen (secondary N) is 1. The summed E-state index contributed by atoms with van der Waals surface area (Å²) < 4.78 is 40.4. The van der Waals surface area contributed by atoms with Crippen molar-refractivity contribution in [2.45, 2.75) is 23.8 Å². The molecule has 0 aliphatic carbocycles. The van der Waals surface area contributed by atoms with Crippen molar-refractivity contribution in [3.63, 3.8) is 0 Å². The van der Waals surface area contributed by atoms with Gasteiger partial charge in [0.25, 0.3) is 5.69 Å². The highest BCUT2D eigenvalue weighted by atomic mass is 32.2. The number of rotatable bonds is 6. The van der Waals surface area contributed by atoms with E-state index >= 15 is 0 Å². The van der Waals surface area contributed by atoms with Gasteiger partial charge in [0.1, 0.15) is 11.5 Å². The van der Waals surface area contributed by atoms with Crippen LogP contribution in [-0.2, 0) is 10.0 Å². The number of anilines is 1. The van der Waals surface area contributed by atoms with Gasteiger partial charge in [-0.05, 0) is 49.2 Å². The van der Waals surface area contributed by atoms with Crippen LogP contribution >= 0.6 is 0 Å². The number of hydrogen-bond acceptors (Lipinski definition) is 6. The molecule has 0 aromatic heterocycles. The van der Waals surface area contributed by atoms with Gasteiger partial charge in [-0.15, -0.1) is 0 Å². The molecule has 1 aliphatic rings. The largest absolute Gasteiger partial charge is 0.366 e. The Morgan fingerprint density at radius 1 is 1.17 bits per heavy atom. The third kappa shape index (κ3) is 4.69. The minimum Gasteiger partial charge on any atom is -0.366 e. The molecule has 29 heavy (non-hydrogen) atoms. The number of nitrogens with zero attached hydrogens (tertiary/aromatic N) is 2. The number of nitrogens with two attached hydrogens (primary N) is 1. The molecule has 2 aromatic rings. The summed E-state index contributed by atoms with van der Waals surface area (Å²) in [6.45, 7) is 0.765. The quantitative estimate of drug-likeness (QED) is 0.538. The van der Waals surface area contributed by atoms with Crippen LogP contribution in [0.4, 0.5) is 15.8 Å². The predicted molar refractivity (Wildman–Crippen MR) is 104 cm³/mol. The summed E-state index contributed by atoms with van der Waals surface area (Å²) in [7, 11) is -3.79. The normalized spacial score (nSPS) is 15.3. The Balaban J connectivity index is 1.70. The highest BCUT2D eigenvalue weighted by Crippen LogP contribution is 2.31. The Morgan fingerprint density at radius 2 is 1.79 bits per heavy atom. The minimum absolute atomic E-state index is 0.0287. The first kappa shape index (κ1) is 20.7. The van der Waals surface area contributed by atoms with E-state index in [1.807, 2.05) is 0 Å². The van der Waals surface area contributed by atoms with E-state index in [1.54, 1.807) is 4.90 Å². The summed E-state index contributed by atoms with van der Waals surface area (Å²) >= 11 is 0. The molecule has 0 saturated carbocycles. The first-order chi connectivity index (χ1) is 13.7. The van der Waals surface area contributed by atoms with Crippen molar-refractivity contribution in [1.29, 1.82) is 0 Å². The Labute approximate surface area is 166 Å². The molecule has 0 bridgehead atoms. The number of amides is 1. The van der Waals surface area contributed by atoms with Crippen LogP contribution in [0.2, 0.25) is 0 Å². The van der Waals surface area contributed by atoms with Gasteiger partial charge in [-0.3, -0.25) is 14.9 Å². The molecule has 154 valence electrons. The molecule has 2 aromatic carbocycles. The second-order valence-corrected chi connectivity index (χ2v) is 8.38. The van der Waals surface area contributed by atoms with Crippen LogP contribution in [0.5, 0.6) is 0 Å². The lowest BCUT2D eigenvalue weighted by atomic mass is 10.0. The fraction of sp³-hybridized carbons (Fsp3) is 0.278. The number of carbonyl (C=O) groups is 1. The van der Waals surface area contributed by atoms with Crippen LogP contribution in [0.1, 0.15) is 23.2 Å². The lowest BCUT2D eigenvalue weighted by molar-refractivity contribution is -0.384. The van der Waals surface area contributed by atoms with E-state index in [-0.39, 0.29) is 22.2 Å². The number of carbonyl (C=O) groups excluding carboxylic acids is 1. The highest BCUT2D eigenvalue weighted by molar-refractivity contribution is 7.89. The van der Waals surface area contributed by atoms with E-state index in [2.05, 4.69) is 4.72 Å². The van der Waals surface area contributed by atoms with Crippen molar-refractivity contribution in [3.8, 4) is 0 Å². The molecule has 1 amide bonds. The third-order valence-electron chi connectivity index (χ3n) is 4.74. The first-order valence-corrected chi connectivity index (χ1v) is 10.3. The molecule has 1 fully saturated rings. The van der Waals surface area contributed by atoms with Crippen LogP contribution in [-0.4, -0.2) is 38.4 Å². The summed E-state index contributed by atoms with van der Waals surface area (Å²) in [5.41, 5.74) is 5.34. The van der Waals surface area contributed by atoms with Gasteiger partial charge in [-0.1, -0.05) is 0 Å². The van der Waals surface area contributed by atoms with E-state index in [0.717, 1.165) is 18.2 Å². The zero-order valence-electron chi connectivity index (χ0n) is 15.2. The van der Waals surface area contributed by atoms with E-state index in [1.165, 1.54) is 24.3 Å². The molecular formula is C18H19FN4O5S. The molecule has 11 heteroatoms. The molecule has 0 unspecified atom stereocenters. The Morgan fingerprint density at radius 3 is 2.34 bits per heavy atom. The predicted octanol–water partition coefficient (Wildman–Crippen LogP) is 1.78. The van der Waals surface area contributed by atoms with Crippen molar-refractivity contribution in [3.05, 3.63) is 64.0 Å². The smallest absolute Gasteiger partial charge is 0.293 e. The van der Waals surface area contributed by atoms with Gasteiger partial charge in [-0.2, -0.15) is 0 Å². The third-order valence-corrected chi connectivity index (χ3v) is 6.27. The highest BCUT2D eigenvalue weighted by Gasteiger charge is 2.28. The second-order valence-electron chi connectivity index (χ2n) is 6.66. The number of nitro groups is 1. The summed E-state index contributed by atoms with van der Waals surface area (Å²) in [6.07, 6.45) is 0.851. The lowest BCUT2D eigenvalue weighted by Crippen LogP contribution is -2.44. The van der Waals surface area contributed by atoms with Crippen molar-refractivity contribution >= 4 is 27.3 Å². The number of nitro benzene ring substituents is 1. The number of piperidine rings is 1. The van der Waals surface area contributed by atoms with Crippen LogP contribution in [0.3, 0.4) is 0 Å². The van der Waals surface area contributed by atoms with Gasteiger partial charge in [0.15, 0.2) is 0 Å². The molecule has 1 saturated heterocycles. The van der Waals surface area contributed by atoms with Gasteiger partial charge in [0, 0.05) is 30.8 Å². The molecule has 9 nitrogen and oxygen atoms in total. The first-order valence-electron chi connectivity index (χ1n) is 8.78. The monoisotopic (exact) mass is 422 g/mol. The second kappa shape index (κ2) is 8.13.